The lowest BCUT2D eigenvalue weighted by Gasteiger charge is -2.16. The zero-order chi connectivity index (χ0) is 13.1. The van der Waals surface area contributed by atoms with Crippen LogP contribution in [-0.4, -0.2) is 29.1 Å². The van der Waals surface area contributed by atoms with Gasteiger partial charge >= 0.3 is 0 Å². The van der Waals surface area contributed by atoms with Gasteiger partial charge in [0.25, 0.3) is 0 Å². The van der Waals surface area contributed by atoms with Crippen molar-refractivity contribution >= 4 is 34.5 Å². The second kappa shape index (κ2) is 5.13. The molecule has 4 N–H and O–H groups in total. The van der Waals surface area contributed by atoms with Gasteiger partial charge in [-0.3, -0.25) is 9.69 Å². The fraction of sp³-hybridized carbons (Fsp3) is 0.400. The maximum Gasteiger partial charge on any atom is 0.225 e. The number of amides is 1. The zero-order valence-corrected chi connectivity index (χ0v) is 10.7. The third-order valence-electron chi connectivity index (χ3n) is 2.33. The molecule has 1 aliphatic carbocycles. The predicted octanol–water partition coefficient (Wildman–Crippen LogP) is 0.266. The van der Waals surface area contributed by atoms with Gasteiger partial charge in [-0.05, 0) is 12.8 Å². The van der Waals surface area contributed by atoms with Gasteiger partial charge in [0.05, 0.1) is 11.9 Å². The summed E-state index contributed by atoms with van der Waals surface area (Å²) in [7, 11) is 0. The molecule has 1 heterocycles. The summed E-state index contributed by atoms with van der Waals surface area (Å²) in [5, 5.41) is 9.65. The van der Waals surface area contributed by atoms with Crippen LogP contribution in [0, 0.1) is 0 Å². The van der Waals surface area contributed by atoms with Crippen LogP contribution in [0.5, 0.6) is 0 Å². The second-order valence-corrected chi connectivity index (χ2v) is 4.78. The van der Waals surface area contributed by atoms with Crippen LogP contribution in [0.25, 0.3) is 0 Å². The summed E-state index contributed by atoms with van der Waals surface area (Å²) in [6.45, 7) is 1.55. The largest absolute Gasteiger partial charge is 0.369 e. The van der Waals surface area contributed by atoms with E-state index in [1.165, 1.54) is 17.6 Å². The molecule has 1 fully saturated rings. The maximum atomic E-state index is 11.5. The number of carbonyl (C=O) groups is 1. The molecule has 1 amide bonds. The Hall–Kier alpha value is -1.96. The molecule has 0 aromatic carbocycles. The highest BCUT2D eigenvalue weighted by Gasteiger charge is 2.33. The highest BCUT2D eigenvalue weighted by atomic mass is 32.1. The Balaban J connectivity index is 2.11. The minimum Gasteiger partial charge on any atom is -0.369 e. The van der Waals surface area contributed by atoms with Gasteiger partial charge in [0.15, 0.2) is 5.13 Å². The second-order valence-electron chi connectivity index (χ2n) is 3.94. The highest BCUT2D eigenvalue weighted by molar-refractivity contribution is 7.14. The fourth-order valence-corrected chi connectivity index (χ4v) is 2.37. The van der Waals surface area contributed by atoms with Crippen LogP contribution in [0.3, 0.4) is 0 Å². The monoisotopic (exact) mass is 266 g/mol. The van der Waals surface area contributed by atoms with Crippen molar-refractivity contribution < 1.29 is 4.79 Å². The molecule has 0 bridgehead atoms. The van der Waals surface area contributed by atoms with Crippen LogP contribution in [0.1, 0.15) is 25.5 Å². The van der Waals surface area contributed by atoms with Crippen molar-refractivity contribution in [2.45, 2.75) is 25.8 Å². The van der Waals surface area contributed by atoms with Crippen LogP contribution in [-0.2, 0) is 4.79 Å². The van der Waals surface area contributed by atoms with Crippen molar-refractivity contribution in [1.29, 1.82) is 0 Å². The Morgan fingerprint density at radius 3 is 2.89 bits per heavy atom. The van der Waals surface area contributed by atoms with Gasteiger partial charge in [-0.25, -0.2) is 4.98 Å². The molecular weight excluding hydrogens is 252 g/mol. The van der Waals surface area contributed by atoms with Crippen molar-refractivity contribution in [2.24, 2.45) is 21.7 Å². The third-order valence-corrected chi connectivity index (χ3v) is 3.19. The minimum absolute atomic E-state index is 0.0135. The van der Waals surface area contributed by atoms with Gasteiger partial charge in [0, 0.05) is 18.3 Å². The first-order valence-electron chi connectivity index (χ1n) is 5.45. The predicted molar refractivity (Wildman–Crippen MR) is 71.7 cm³/mol. The van der Waals surface area contributed by atoms with Crippen LogP contribution < -0.4 is 16.4 Å². The Morgan fingerprint density at radius 2 is 2.33 bits per heavy atom. The number of anilines is 1. The quantitative estimate of drug-likeness (QED) is 0.463. The van der Waals surface area contributed by atoms with Crippen molar-refractivity contribution in [3.63, 3.8) is 0 Å². The van der Waals surface area contributed by atoms with Crippen LogP contribution in [0.2, 0.25) is 0 Å². The summed E-state index contributed by atoms with van der Waals surface area (Å²) >= 11 is 1.40. The van der Waals surface area contributed by atoms with E-state index in [9.17, 15) is 4.79 Å². The van der Waals surface area contributed by atoms with E-state index in [1.54, 1.807) is 17.2 Å². The SMILES string of the molecule is CC(=O)N(c1nc(/C=N/N=C(N)N)cs1)C1CC1. The molecule has 1 aromatic heterocycles. The van der Waals surface area contributed by atoms with Gasteiger partial charge in [0.2, 0.25) is 11.9 Å². The number of nitrogens with two attached hydrogens (primary N) is 2. The molecule has 18 heavy (non-hydrogen) atoms. The Morgan fingerprint density at radius 1 is 1.61 bits per heavy atom. The molecule has 0 aliphatic heterocycles. The average Bonchev–Trinajstić information content (AvgIpc) is 2.98. The van der Waals surface area contributed by atoms with E-state index in [1.807, 2.05) is 0 Å². The van der Waals surface area contributed by atoms with Gasteiger partial charge < -0.3 is 11.5 Å². The first-order chi connectivity index (χ1) is 8.58. The van der Waals surface area contributed by atoms with E-state index in [-0.39, 0.29) is 11.9 Å². The van der Waals surface area contributed by atoms with Gasteiger partial charge in [-0.1, -0.05) is 0 Å². The van der Waals surface area contributed by atoms with Crippen molar-refractivity contribution in [2.75, 3.05) is 4.90 Å². The van der Waals surface area contributed by atoms with E-state index >= 15 is 0 Å². The lowest BCUT2D eigenvalue weighted by molar-refractivity contribution is -0.116. The lowest BCUT2D eigenvalue weighted by atomic mass is 10.5. The van der Waals surface area contributed by atoms with Crippen LogP contribution >= 0.6 is 11.3 Å². The van der Waals surface area contributed by atoms with Gasteiger partial charge in [0.1, 0.15) is 0 Å². The number of rotatable bonds is 4. The number of hydrogen-bond acceptors (Lipinski definition) is 5. The molecular formula is C10H14N6OS. The van der Waals surface area contributed by atoms with Crippen molar-refractivity contribution in [3.05, 3.63) is 11.1 Å². The Kier molecular flexibility index (Phi) is 3.56. The smallest absolute Gasteiger partial charge is 0.225 e. The molecule has 2 rings (SSSR count). The van der Waals surface area contributed by atoms with Crippen molar-refractivity contribution in [1.82, 2.24) is 4.98 Å². The lowest BCUT2D eigenvalue weighted by Crippen LogP contribution is -2.30. The first kappa shape index (κ1) is 12.5. The summed E-state index contributed by atoms with van der Waals surface area (Å²) < 4.78 is 0. The summed E-state index contributed by atoms with van der Waals surface area (Å²) in [6, 6.07) is 0.302. The zero-order valence-electron chi connectivity index (χ0n) is 9.91. The molecule has 0 radical (unpaired) electrons. The van der Waals surface area contributed by atoms with Gasteiger partial charge in [-0.2, -0.15) is 5.10 Å². The summed E-state index contributed by atoms with van der Waals surface area (Å²) in [4.78, 5) is 17.6. The normalized spacial score (nSPS) is 14.7. The van der Waals surface area contributed by atoms with E-state index < -0.39 is 0 Å². The first-order valence-corrected chi connectivity index (χ1v) is 6.33. The number of hydrogen-bond donors (Lipinski definition) is 2. The molecule has 1 saturated carbocycles. The summed E-state index contributed by atoms with van der Waals surface area (Å²) in [6.07, 6.45) is 3.53. The van der Waals surface area contributed by atoms with Gasteiger partial charge in [-0.15, -0.1) is 16.4 Å². The average molecular weight is 266 g/mol. The topological polar surface area (TPSA) is 110 Å². The molecule has 7 nitrogen and oxygen atoms in total. The summed E-state index contributed by atoms with van der Waals surface area (Å²) in [5.41, 5.74) is 10.9. The van der Waals surface area contributed by atoms with E-state index in [0.717, 1.165) is 12.8 Å². The Labute approximate surface area is 108 Å². The number of aromatic nitrogens is 1. The third kappa shape index (κ3) is 3.04. The van der Waals surface area contributed by atoms with E-state index in [4.69, 9.17) is 11.5 Å². The minimum atomic E-state index is -0.106. The molecule has 96 valence electrons. The molecule has 1 aliphatic rings. The molecule has 0 atom stereocenters. The fourth-order valence-electron chi connectivity index (χ4n) is 1.48. The van der Waals surface area contributed by atoms with Crippen molar-refractivity contribution in [3.8, 4) is 0 Å². The molecule has 0 saturated heterocycles. The standard InChI is InChI=1S/C10H14N6OS/c1-6(17)16(8-2-3-8)10-14-7(5-18-10)4-13-15-9(11)12/h4-5,8H,2-3H2,1H3,(H4,11,12,15)/b13-4+. The van der Waals surface area contributed by atoms with E-state index in [0.29, 0.717) is 16.9 Å². The number of carbonyl (C=O) groups excluding carboxylic acids is 1. The molecule has 8 heteroatoms. The van der Waals surface area contributed by atoms with E-state index in [2.05, 4.69) is 15.2 Å². The van der Waals surface area contributed by atoms with Crippen LogP contribution in [0.15, 0.2) is 15.6 Å². The molecule has 0 spiro atoms. The number of thiazole rings is 1. The highest BCUT2D eigenvalue weighted by Crippen LogP contribution is 2.33. The number of nitrogens with zero attached hydrogens (tertiary/aromatic N) is 4. The summed E-state index contributed by atoms with van der Waals surface area (Å²) in [5.74, 6) is -0.0930. The van der Waals surface area contributed by atoms with Crippen LogP contribution in [0.4, 0.5) is 5.13 Å². The molecule has 1 aromatic rings. The number of guanidine groups is 1. The molecule has 0 unspecified atom stereocenters. The maximum absolute atomic E-state index is 11.5. The Bertz CT molecular complexity index is 500.